The zero-order valence-electron chi connectivity index (χ0n) is 34.0. The standard InChI is InChI=1S/C51H70N2O2/c1-2-3-4-5-6-7-8-9-10-11-12-13-40-14-16-41(17-15-40)18-19-42-36-38-51(39-37-42,43-20-28-47(29-21-43)54-49-32-24-45(52)25-33-49)44-22-30-48(31-23-44)55-50-34-26-46(53)27-35-50/h20-35,40-42H,2-19,36-39,52-53H2,1H3. The van der Waals surface area contributed by atoms with Crippen LogP contribution in [0, 0.1) is 17.8 Å². The molecule has 0 amide bonds. The Morgan fingerprint density at radius 3 is 1.15 bits per heavy atom. The van der Waals surface area contributed by atoms with Crippen LogP contribution in [0.5, 0.6) is 23.0 Å². The molecule has 0 unspecified atom stereocenters. The minimum atomic E-state index is -0.0255. The van der Waals surface area contributed by atoms with E-state index in [9.17, 15) is 0 Å². The van der Waals surface area contributed by atoms with Crippen LogP contribution in [0.4, 0.5) is 11.4 Å². The number of nitrogens with two attached hydrogens (primary N) is 2. The lowest BCUT2D eigenvalue weighted by Crippen LogP contribution is -2.33. The second-order valence-corrected chi connectivity index (χ2v) is 17.2. The molecule has 0 heterocycles. The number of hydrogen-bond acceptors (Lipinski definition) is 4. The van der Waals surface area contributed by atoms with Gasteiger partial charge >= 0.3 is 0 Å². The van der Waals surface area contributed by atoms with Gasteiger partial charge in [0.1, 0.15) is 23.0 Å². The van der Waals surface area contributed by atoms with Crippen LogP contribution >= 0.6 is 0 Å². The van der Waals surface area contributed by atoms with Crippen LogP contribution in [-0.4, -0.2) is 0 Å². The Bertz CT molecular complexity index is 1540. The van der Waals surface area contributed by atoms with E-state index >= 15 is 0 Å². The third-order valence-electron chi connectivity index (χ3n) is 13.2. The first-order valence-corrected chi connectivity index (χ1v) is 22.3. The first-order valence-electron chi connectivity index (χ1n) is 22.3. The van der Waals surface area contributed by atoms with Crippen molar-refractivity contribution in [1.82, 2.24) is 0 Å². The average Bonchev–Trinajstić information content (AvgIpc) is 3.22. The minimum Gasteiger partial charge on any atom is -0.457 e. The van der Waals surface area contributed by atoms with Gasteiger partial charge in [0.05, 0.1) is 0 Å². The first-order chi connectivity index (χ1) is 27.0. The summed E-state index contributed by atoms with van der Waals surface area (Å²) in [5, 5.41) is 0. The van der Waals surface area contributed by atoms with E-state index < -0.39 is 0 Å². The number of benzene rings is 4. The molecule has 0 aliphatic heterocycles. The zero-order chi connectivity index (χ0) is 38.1. The van der Waals surface area contributed by atoms with E-state index in [0.717, 1.165) is 52.1 Å². The van der Waals surface area contributed by atoms with Crippen LogP contribution in [0.2, 0.25) is 0 Å². The largest absolute Gasteiger partial charge is 0.457 e. The van der Waals surface area contributed by atoms with Crippen molar-refractivity contribution < 1.29 is 9.47 Å². The molecule has 2 aliphatic rings. The summed E-state index contributed by atoms with van der Waals surface area (Å²) in [7, 11) is 0. The van der Waals surface area contributed by atoms with E-state index in [-0.39, 0.29) is 5.41 Å². The lowest BCUT2D eigenvalue weighted by atomic mass is 9.62. The molecule has 0 aromatic heterocycles. The van der Waals surface area contributed by atoms with Crippen LogP contribution in [0.3, 0.4) is 0 Å². The van der Waals surface area contributed by atoms with Gasteiger partial charge < -0.3 is 20.9 Å². The van der Waals surface area contributed by atoms with Crippen molar-refractivity contribution in [3.8, 4) is 23.0 Å². The monoisotopic (exact) mass is 743 g/mol. The van der Waals surface area contributed by atoms with Crippen molar-refractivity contribution >= 4 is 11.4 Å². The van der Waals surface area contributed by atoms with Crippen LogP contribution in [0.1, 0.15) is 159 Å². The first kappa shape index (κ1) is 40.7. The maximum absolute atomic E-state index is 6.18. The Balaban J connectivity index is 0.975. The smallest absolute Gasteiger partial charge is 0.127 e. The highest BCUT2D eigenvalue weighted by atomic mass is 16.5. The highest BCUT2D eigenvalue weighted by Gasteiger charge is 2.38. The highest BCUT2D eigenvalue weighted by Crippen LogP contribution is 2.49. The highest BCUT2D eigenvalue weighted by molar-refractivity contribution is 5.47. The molecule has 4 nitrogen and oxygen atoms in total. The molecular weight excluding hydrogens is 673 g/mol. The summed E-state index contributed by atoms with van der Waals surface area (Å²) in [5.74, 6) is 6.05. The molecule has 0 saturated heterocycles. The normalized spacial score (nSPS) is 18.6. The quantitative estimate of drug-likeness (QED) is 0.0659. The summed E-state index contributed by atoms with van der Waals surface area (Å²) in [6.07, 6.45) is 31.0. The third kappa shape index (κ3) is 12.5. The molecule has 2 saturated carbocycles. The van der Waals surface area contributed by atoms with Crippen LogP contribution in [-0.2, 0) is 5.41 Å². The lowest BCUT2D eigenvalue weighted by Gasteiger charge is -2.42. The van der Waals surface area contributed by atoms with Crippen molar-refractivity contribution in [2.24, 2.45) is 17.8 Å². The number of ether oxygens (including phenoxy) is 2. The molecule has 4 N–H and O–H groups in total. The van der Waals surface area contributed by atoms with Gasteiger partial charge in [-0.25, -0.2) is 0 Å². The summed E-state index contributed by atoms with van der Waals surface area (Å²) < 4.78 is 12.4. The summed E-state index contributed by atoms with van der Waals surface area (Å²) in [6.45, 7) is 2.31. The molecular formula is C51H70N2O2. The molecule has 0 bridgehead atoms. The van der Waals surface area contributed by atoms with Crippen molar-refractivity contribution in [1.29, 1.82) is 0 Å². The average molecular weight is 743 g/mol. The molecule has 4 aromatic carbocycles. The molecule has 55 heavy (non-hydrogen) atoms. The third-order valence-corrected chi connectivity index (χ3v) is 13.2. The number of unbranched alkanes of at least 4 members (excludes halogenated alkanes) is 10. The molecule has 296 valence electrons. The fraction of sp³-hybridized carbons (Fsp3) is 0.529. The van der Waals surface area contributed by atoms with E-state index in [4.69, 9.17) is 20.9 Å². The molecule has 2 fully saturated rings. The van der Waals surface area contributed by atoms with Crippen LogP contribution < -0.4 is 20.9 Å². The number of hydrogen-bond donors (Lipinski definition) is 2. The Labute approximate surface area is 333 Å². The van der Waals surface area contributed by atoms with Gasteiger partial charge in [-0.15, -0.1) is 0 Å². The second-order valence-electron chi connectivity index (χ2n) is 17.2. The Morgan fingerprint density at radius 1 is 0.418 bits per heavy atom. The zero-order valence-corrected chi connectivity index (χ0v) is 34.0. The van der Waals surface area contributed by atoms with Gasteiger partial charge in [0.15, 0.2) is 0 Å². The summed E-state index contributed by atoms with van der Waals surface area (Å²) >= 11 is 0. The maximum atomic E-state index is 6.18. The fourth-order valence-electron chi connectivity index (χ4n) is 9.61. The van der Waals surface area contributed by atoms with Gasteiger partial charge in [-0.3, -0.25) is 0 Å². The van der Waals surface area contributed by atoms with Gasteiger partial charge in [0.25, 0.3) is 0 Å². The molecule has 4 heteroatoms. The van der Waals surface area contributed by atoms with Crippen LogP contribution in [0.25, 0.3) is 0 Å². The van der Waals surface area contributed by atoms with E-state index in [2.05, 4.69) is 55.5 Å². The molecule has 6 rings (SSSR count). The molecule has 4 aromatic rings. The predicted molar refractivity (Wildman–Crippen MR) is 233 cm³/mol. The summed E-state index contributed by atoms with van der Waals surface area (Å²) in [5.41, 5.74) is 16.0. The number of nitrogen functional groups attached to an aromatic ring is 2. The fourth-order valence-corrected chi connectivity index (χ4v) is 9.61. The topological polar surface area (TPSA) is 70.5 Å². The predicted octanol–water partition coefficient (Wildman–Crippen LogP) is 15.2. The number of anilines is 2. The molecule has 2 aliphatic carbocycles. The van der Waals surface area contributed by atoms with Crippen molar-refractivity contribution in [2.75, 3.05) is 11.5 Å². The van der Waals surface area contributed by atoms with Crippen molar-refractivity contribution in [2.45, 2.75) is 154 Å². The van der Waals surface area contributed by atoms with E-state index in [1.165, 1.54) is 152 Å². The van der Waals surface area contributed by atoms with E-state index in [0.29, 0.717) is 0 Å². The van der Waals surface area contributed by atoms with Crippen molar-refractivity contribution in [3.63, 3.8) is 0 Å². The van der Waals surface area contributed by atoms with Gasteiger partial charge in [-0.1, -0.05) is 147 Å². The van der Waals surface area contributed by atoms with Crippen molar-refractivity contribution in [3.05, 3.63) is 108 Å². The van der Waals surface area contributed by atoms with E-state index in [1.807, 2.05) is 48.5 Å². The molecule has 0 spiro atoms. The minimum absolute atomic E-state index is 0.0255. The lowest BCUT2D eigenvalue weighted by molar-refractivity contribution is 0.208. The van der Waals surface area contributed by atoms with E-state index in [1.54, 1.807) is 0 Å². The number of rotatable bonds is 21. The Morgan fingerprint density at radius 2 is 0.745 bits per heavy atom. The second kappa shape index (κ2) is 21.4. The van der Waals surface area contributed by atoms with Crippen LogP contribution in [0.15, 0.2) is 97.1 Å². The maximum Gasteiger partial charge on any atom is 0.127 e. The summed E-state index contributed by atoms with van der Waals surface area (Å²) in [4.78, 5) is 0. The molecule has 0 atom stereocenters. The van der Waals surface area contributed by atoms with Gasteiger partial charge in [-0.2, -0.15) is 0 Å². The van der Waals surface area contributed by atoms with Gasteiger partial charge in [0.2, 0.25) is 0 Å². The van der Waals surface area contributed by atoms with Gasteiger partial charge in [0, 0.05) is 16.8 Å². The summed E-state index contributed by atoms with van der Waals surface area (Å²) in [6, 6.07) is 32.9. The Hall–Kier alpha value is -3.92. The van der Waals surface area contributed by atoms with Gasteiger partial charge in [-0.05, 0) is 127 Å². The SMILES string of the molecule is CCCCCCCCCCCCCC1CCC(CCC2CCC(c3ccc(Oc4ccc(N)cc4)cc3)(c3ccc(Oc4ccc(N)cc4)cc3)CC2)CC1. The molecule has 0 radical (unpaired) electrons. The Kier molecular flexibility index (Phi) is 15.8.